The van der Waals surface area contributed by atoms with Crippen LogP contribution in [-0.4, -0.2) is 40.9 Å². The molecule has 0 amide bonds. The molecular formula is C18H11F13O. The average Bonchev–Trinajstić information content (AvgIpc) is 2.65. The Morgan fingerprint density at radius 2 is 1.06 bits per heavy atom. The zero-order valence-corrected chi connectivity index (χ0v) is 15.2. The van der Waals surface area contributed by atoms with Gasteiger partial charge in [0.2, 0.25) is 0 Å². The maximum atomic E-state index is 13.9. The summed E-state index contributed by atoms with van der Waals surface area (Å²) in [6.07, 6.45) is -12.9. The molecule has 14 heteroatoms. The van der Waals surface area contributed by atoms with Crippen LogP contribution in [0.2, 0.25) is 0 Å². The zero-order chi connectivity index (χ0) is 25.0. The number of rotatable bonds is 7. The maximum Gasteiger partial charge on any atom is 0.460 e. The molecule has 0 aliphatic carbocycles. The van der Waals surface area contributed by atoms with Crippen molar-refractivity contribution in [2.45, 2.75) is 48.3 Å². The second-order valence-corrected chi connectivity index (χ2v) is 6.83. The number of aliphatic hydroxyl groups is 1. The summed E-state index contributed by atoms with van der Waals surface area (Å²) in [5.41, 5.74) is -0.560. The Morgan fingerprint density at radius 1 is 0.594 bits per heavy atom. The maximum absolute atomic E-state index is 13.9. The molecular weight excluding hydrogens is 479 g/mol. The van der Waals surface area contributed by atoms with E-state index in [1.165, 1.54) is 24.3 Å². The molecule has 0 aliphatic heterocycles. The first-order valence-electron chi connectivity index (χ1n) is 8.33. The fraction of sp³-hybridized carbons (Fsp3) is 0.444. The molecule has 1 unspecified atom stereocenters. The van der Waals surface area contributed by atoms with Crippen LogP contribution in [0.15, 0.2) is 42.5 Å². The highest BCUT2D eigenvalue weighted by Gasteiger charge is 2.90. The lowest BCUT2D eigenvalue weighted by Gasteiger charge is -2.40. The van der Waals surface area contributed by atoms with Gasteiger partial charge < -0.3 is 5.11 Å². The van der Waals surface area contributed by atoms with Gasteiger partial charge in [-0.15, -0.1) is 0 Å². The first-order chi connectivity index (χ1) is 14.2. The summed E-state index contributed by atoms with van der Waals surface area (Å²) in [4.78, 5) is 0. The van der Waals surface area contributed by atoms with E-state index in [2.05, 4.69) is 0 Å². The number of hydrogen-bond donors (Lipinski definition) is 1. The van der Waals surface area contributed by atoms with Gasteiger partial charge in [0.1, 0.15) is 0 Å². The summed E-state index contributed by atoms with van der Waals surface area (Å²) < 4.78 is 171. The van der Waals surface area contributed by atoms with Crippen molar-refractivity contribution in [1.82, 2.24) is 0 Å². The smallest absolute Gasteiger partial charge is 0.388 e. The van der Waals surface area contributed by atoms with Crippen molar-refractivity contribution in [3.8, 4) is 0 Å². The van der Waals surface area contributed by atoms with Crippen LogP contribution in [0.1, 0.15) is 18.1 Å². The number of alkyl halides is 13. The van der Waals surface area contributed by atoms with Crippen molar-refractivity contribution in [3.05, 3.63) is 48.0 Å². The standard InChI is InChI=1S/C18H11F13O/c19-13(20,8-12(32)11-6-5-9-3-1-2-4-10(9)7-11)14(21,22)15(23,24)16(25,26)17(27,28)18(29,30)31/h1-7,12,32H,8H2. The summed E-state index contributed by atoms with van der Waals surface area (Å²) in [7, 11) is 0. The second-order valence-electron chi connectivity index (χ2n) is 6.83. The topological polar surface area (TPSA) is 20.2 Å². The van der Waals surface area contributed by atoms with E-state index in [0.29, 0.717) is 5.39 Å². The number of aliphatic hydroxyl groups excluding tert-OH is 1. The fourth-order valence-electron chi connectivity index (χ4n) is 2.71. The van der Waals surface area contributed by atoms with E-state index in [4.69, 9.17) is 0 Å². The fourth-order valence-corrected chi connectivity index (χ4v) is 2.71. The molecule has 0 saturated heterocycles. The van der Waals surface area contributed by atoms with E-state index < -0.39 is 53.9 Å². The lowest BCUT2D eigenvalue weighted by atomic mass is 9.90. The van der Waals surface area contributed by atoms with Gasteiger partial charge in [-0.1, -0.05) is 36.4 Å². The molecule has 180 valence electrons. The molecule has 0 spiro atoms. The lowest BCUT2D eigenvalue weighted by molar-refractivity contribution is -0.440. The monoisotopic (exact) mass is 490 g/mol. The summed E-state index contributed by atoms with van der Waals surface area (Å²) in [6.45, 7) is 0. The molecule has 0 aliphatic rings. The van der Waals surface area contributed by atoms with Gasteiger partial charge in [-0.25, -0.2) is 0 Å². The van der Waals surface area contributed by atoms with Crippen molar-refractivity contribution in [1.29, 1.82) is 0 Å². The Labute approximate surface area is 170 Å². The van der Waals surface area contributed by atoms with Gasteiger partial charge in [0, 0.05) is 6.42 Å². The number of benzene rings is 2. The minimum Gasteiger partial charge on any atom is -0.388 e. The van der Waals surface area contributed by atoms with E-state index in [1.54, 1.807) is 6.07 Å². The first-order valence-corrected chi connectivity index (χ1v) is 8.33. The number of fused-ring (bicyclic) bond motifs is 1. The molecule has 0 heterocycles. The van der Waals surface area contributed by atoms with E-state index in [9.17, 15) is 62.2 Å². The van der Waals surface area contributed by atoms with Gasteiger partial charge in [0.25, 0.3) is 0 Å². The van der Waals surface area contributed by atoms with Crippen LogP contribution in [0, 0.1) is 0 Å². The third-order valence-corrected chi connectivity index (χ3v) is 4.61. The third kappa shape index (κ3) is 3.86. The molecule has 2 aromatic carbocycles. The highest BCUT2D eigenvalue weighted by molar-refractivity contribution is 5.83. The Morgan fingerprint density at radius 3 is 1.56 bits per heavy atom. The van der Waals surface area contributed by atoms with E-state index >= 15 is 0 Å². The van der Waals surface area contributed by atoms with Crippen molar-refractivity contribution >= 4 is 10.8 Å². The largest absolute Gasteiger partial charge is 0.460 e. The molecule has 1 N–H and O–H groups in total. The highest BCUT2D eigenvalue weighted by Crippen LogP contribution is 2.61. The zero-order valence-electron chi connectivity index (χ0n) is 15.2. The molecule has 0 radical (unpaired) electrons. The quantitative estimate of drug-likeness (QED) is 0.415. The predicted molar refractivity (Wildman–Crippen MR) is 84.3 cm³/mol. The van der Waals surface area contributed by atoms with Gasteiger partial charge in [-0.3, -0.25) is 0 Å². The molecule has 2 aromatic rings. The van der Waals surface area contributed by atoms with Gasteiger partial charge in [0.05, 0.1) is 6.10 Å². The Hall–Kier alpha value is -2.25. The normalized spacial score (nSPS) is 15.8. The molecule has 0 bridgehead atoms. The van der Waals surface area contributed by atoms with Gasteiger partial charge in [-0.05, 0) is 22.4 Å². The van der Waals surface area contributed by atoms with Crippen molar-refractivity contribution in [2.75, 3.05) is 0 Å². The third-order valence-electron chi connectivity index (χ3n) is 4.61. The van der Waals surface area contributed by atoms with Crippen molar-refractivity contribution in [2.24, 2.45) is 0 Å². The minimum atomic E-state index is -7.96. The van der Waals surface area contributed by atoms with E-state index in [-0.39, 0.29) is 5.39 Å². The summed E-state index contributed by atoms with van der Waals surface area (Å²) in [5.74, 6) is -37.4. The summed E-state index contributed by atoms with van der Waals surface area (Å²) in [6, 6.07) is 8.97. The van der Waals surface area contributed by atoms with Crippen molar-refractivity contribution in [3.63, 3.8) is 0 Å². The van der Waals surface area contributed by atoms with Crippen LogP contribution in [0.3, 0.4) is 0 Å². The van der Waals surface area contributed by atoms with E-state index in [1.807, 2.05) is 0 Å². The SMILES string of the molecule is OC(CC(F)(F)C(F)(F)C(F)(F)C(F)(F)C(F)(F)C(F)(F)F)c1ccc2ccccc2c1. The lowest BCUT2D eigenvalue weighted by Crippen LogP contribution is -2.70. The summed E-state index contributed by atoms with van der Waals surface area (Å²) >= 11 is 0. The van der Waals surface area contributed by atoms with E-state index in [0.717, 1.165) is 12.1 Å². The molecule has 32 heavy (non-hydrogen) atoms. The molecule has 1 atom stereocenters. The highest BCUT2D eigenvalue weighted by atomic mass is 19.4. The molecule has 0 aromatic heterocycles. The Bertz CT molecular complexity index is 965. The molecule has 0 saturated carbocycles. The van der Waals surface area contributed by atoms with Gasteiger partial charge in [-0.2, -0.15) is 57.1 Å². The summed E-state index contributed by atoms with van der Waals surface area (Å²) in [5, 5.41) is 10.5. The molecule has 1 nitrogen and oxygen atoms in total. The van der Waals surface area contributed by atoms with Crippen LogP contribution in [0.4, 0.5) is 57.1 Å². The average molecular weight is 490 g/mol. The molecule has 0 fully saturated rings. The van der Waals surface area contributed by atoms with Crippen LogP contribution in [0.25, 0.3) is 10.8 Å². The van der Waals surface area contributed by atoms with Gasteiger partial charge in [0.15, 0.2) is 0 Å². The van der Waals surface area contributed by atoms with Crippen molar-refractivity contribution < 1.29 is 62.2 Å². The van der Waals surface area contributed by atoms with Gasteiger partial charge >= 0.3 is 35.8 Å². The number of hydrogen-bond acceptors (Lipinski definition) is 1. The Balaban J connectivity index is 2.41. The van der Waals surface area contributed by atoms with Crippen LogP contribution >= 0.6 is 0 Å². The minimum absolute atomic E-state index is 0.265. The van der Waals surface area contributed by atoms with Crippen LogP contribution in [-0.2, 0) is 0 Å². The van der Waals surface area contributed by atoms with Crippen LogP contribution < -0.4 is 0 Å². The number of halogens is 13. The predicted octanol–water partition coefficient (Wildman–Crippen LogP) is 7.00. The Kier molecular flexibility index (Phi) is 6.23. The van der Waals surface area contributed by atoms with Crippen LogP contribution in [0.5, 0.6) is 0 Å². The molecule has 2 rings (SSSR count). The first kappa shape index (κ1) is 26.0. The second kappa shape index (κ2) is 7.66.